The molecule has 0 heterocycles. The van der Waals surface area contributed by atoms with Crippen LogP contribution >= 0.6 is 0 Å². The van der Waals surface area contributed by atoms with Gasteiger partial charge in [0, 0.05) is 0 Å². The van der Waals surface area contributed by atoms with Crippen LogP contribution in [-0.2, 0) is 30.8 Å². The molecule has 0 spiro atoms. The van der Waals surface area contributed by atoms with Crippen LogP contribution in [0.5, 0.6) is 0 Å². The zero-order valence-electron chi connectivity index (χ0n) is 24.6. The van der Waals surface area contributed by atoms with Gasteiger partial charge in [0.2, 0.25) is 0 Å². The van der Waals surface area contributed by atoms with E-state index in [1.807, 2.05) is 5.57 Å². The quantitative estimate of drug-likeness (QED) is 0.263. The van der Waals surface area contributed by atoms with Crippen LogP contribution in [0.2, 0.25) is 3.72 Å². The summed E-state index contributed by atoms with van der Waals surface area (Å²) < 4.78 is 3.89. The van der Waals surface area contributed by atoms with Gasteiger partial charge < -0.3 is 0 Å². The van der Waals surface area contributed by atoms with Crippen LogP contribution in [0.1, 0.15) is 65.2 Å². The molecule has 5 atom stereocenters. The van der Waals surface area contributed by atoms with Gasteiger partial charge in [0.15, 0.2) is 0 Å². The molecule has 38 heavy (non-hydrogen) atoms. The van der Waals surface area contributed by atoms with E-state index < -0.39 is 16.6 Å². The SMILES string of the molecule is CC1=C(C)[C](C)([Ti]([CH2]c2ccccc2)([CH2]c2ccccc2)[CH2]c2ccccc2)C2=C1C(C)C(C)C(C)C2C. The van der Waals surface area contributed by atoms with Crippen molar-refractivity contribution in [3.63, 3.8) is 0 Å². The second-order valence-electron chi connectivity index (χ2n) is 12.8. The first-order chi connectivity index (χ1) is 18.2. The van der Waals surface area contributed by atoms with Crippen LogP contribution in [0.3, 0.4) is 0 Å². The Morgan fingerprint density at radius 3 is 1.34 bits per heavy atom. The molecule has 5 rings (SSSR count). The average molecular weight is 539 g/mol. The first-order valence-corrected chi connectivity index (χ1v) is 18.8. The van der Waals surface area contributed by atoms with Crippen molar-refractivity contribution in [1.29, 1.82) is 0 Å². The molecule has 0 radical (unpaired) electrons. The third-order valence-electron chi connectivity index (χ3n) is 11.1. The van der Waals surface area contributed by atoms with Crippen LogP contribution < -0.4 is 0 Å². The zero-order valence-corrected chi connectivity index (χ0v) is 26.2. The molecule has 0 N–H and O–H groups in total. The van der Waals surface area contributed by atoms with Gasteiger partial charge in [0.05, 0.1) is 0 Å². The Morgan fingerprint density at radius 1 is 0.579 bits per heavy atom. The van der Waals surface area contributed by atoms with E-state index in [4.69, 9.17) is 0 Å². The Balaban J connectivity index is 1.80. The number of allylic oxidation sites excluding steroid dienone is 4. The summed E-state index contributed by atoms with van der Waals surface area (Å²) in [4.78, 5) is 0. The number of benzene rings is 3. The molecule has 198 valence electrons. The first-order valence-electron chi connectivity index (χ1n) is 14.7. The van der Waals surface area contributed by atoms with Crippen molar-refractivity contribution in [1.82, 2.24) is 0 Å². The summed E-state index contributed by atoms with van der Waals surface area (Å²) in [7, 11) is 0. The number of hydrogen-bond donors (Lipinski definition) is 0. The van der Waals surface area contributed by atoms with Crippen molar-refractivity contribution in [3.8, 4) is 0 Å². The topological polar surface area (TPSA) is 0 Å². The van der Waals surface area contributed by atoms with E-state index in [1.165, 1.54) is 30.9 Å². The van der Waals surface area contributed by atoms with Crippen LogP contribution in [0.15, 0.2) is 113 Å². The van der Waals surface area contributed by atoms with Crippen molar-refractivity contribution >= 4 is 0 Å². The van der Waals surface area contributed by atoms with Gasteiger partial charge in [0.25, 0.3) is 0 Å². The van der Waals surface area contributed by atoms with Crippen LogP contribution in [0.25, 0.3) is 0 Å². The van der Waals surface area contributed by atoms with E-state index in [-0.39, 0.29) is 3.72 Å². The van der Waals surface area contributed by atoms with Crippen molar-refractivity contribution < 1.29 is 16.6 Å². The second kappa shape index (κ2) is 10.8. The summed E-state index contributed by atoms with van der Waals surface area (Å²) in [6.07, 6.45) is 0. The predicted octanol–water partition coefficient (Wildman–Crippen LogP) is 10.1. The first kappa shape index (κ1) is 27.4. The second-order valence-corrected chi connectivity index (χ2v) is 20.0. The summed E-state index contributed by atoms with van der Waals surface area (Å²) >= 11 is -2.92. The Hall–Kier alpha value is -2.15. The minimum absolute atomic E-state index is 0.156. The molecular weight excluding hydrogens is 492 g/mol. The normalized spacial score (nSPS) is 27.6. The van der Waals surface area contributed by atoms with Gasteiger partial charge in [-0.05, 0) is 0 Å². The molecule has 1 heteroatoms. The summed E-state index contributed by atoms with van der Waals surface area (Å²) in [5, 5.41) is 0. The van der Waals surface area contributed by atoms with Gasteiger partial charge in [0.1, 0.15) is 0 Å². The maximum atomic E-state index is 2.72. The molecule has 0 fully saturated rings. The fourth-order valence-electron chi connectivity index (χ4n) is 8.34. The molecule has 0 saturated heterocycles. The van der Waals surface area contributed by atoms with Crippen molar-refractivity contribution in [2.45, 2.75) is 66.4 Å². The molecule has 0 bridgehead atoms. The van der Waals surface area contributed by atoms with E-state index in [2.05, 4.69) is 139 Å². The molecule has 0 saturated carbocycles. The zero-order chi connectivity index (χ0) is 27.1. The standard InChI is InChI=1S/C16H25.3C7H7.Ti/c1-8-9(2)12(5)16-14(7)10(3)13(6)15(16)11(8)4;3*1-7-5-3-2-4-6-7;/h8-9,11-12H,1-7H3;3*2-6H,1H2;. The van der Waals surface area contributed by atoms with E-state index in [0.29, 0.717) is 23.7 Å². The third kappa shape index (κ3) is 4.53. The predicted molar refractivity (Wildman–Crippen MR) is 161 cm³/mol. The van der Waals surface area contributed by atoms with Crippen molar-refractivity contribution in [3.05, 3.63) is 130 Å². The van der Waals surface area contributed by atoms with Gasteiger partial charge in [-0.1, -0.05) is 0 Å². The average Bonchev–Trinajstić information content (AvgIpc) is 3.14. The summed E-state index contributed by atoms with van der Waals surface area (Å²) in [6.45, 7) is 17.8. The van der Waals surface area contributed by atoms with E-state index in [9.17, 15) is 0 Å². The van der Waals surface area contributed by atoms with E-state index in [1.54, 1.807) is 16.7 Å². The molecule has 3 aromatic rings. The third-order valence-corrected chi connectivity index (χ3v) is 20.5. The molecule has 0 aromatic heterocycles. The van der Waals surface area contributed by atoms with Crippen molar-refractivity contribution in [2.24, 2.45) is 23.7 Å². The van der Waals surface area contributed by atoms with Crippen LogP contribution in [-0.4, -0.2) is 0 Å². The minimum atomic E-state index is -2.92. The Kier molecular flexibility index (Phi) is 7.78. The van der Waals surface area contributed by atoms with Gasteiger partial charge >= 0.3 is 237 Å². The fourth-order valence-corrected chi connectivity index (χ4v) is 18.3. The number of hydrogen-bond acceptors (Lipinski definition) is 0. The van der Waals surface area contributed by atoms with Crippen molar-refractivity contribution in [2.75, 3.05) is 0 Å². The molecule has 3 aromatic carbocycles. The molecule has 0 amide bonds. The molecule has 0 aliphatic heterocycles. The molecule has 2 aliphatic rings. The molecule has 5 unspecified atom stereocenters. The van der Waals surface area contributed by atoms with Gasteiger partial charge in [-0.15, -0.1) is 0 Å². The van der Waals surface area contributed by atoms with E-state index in [0.717, 1.165) is 0 Å². The number of rotatable bonds is 7. The van der Waals surface area contributed by atoms with Crippen LogP contribution in [0.4, 0.5) is 0 Å². The monoisotopic (exact) mass is 538 g/mol. The van der Waals surface area contributed by atoms with Gasteiger partial charge in [-0.25, -0.2) is 0 Å². The van der Waals surface area contributed by atoms with Crippen LogP contribution in [0, 0.1) is 23.7 Å². The maximum absolute atomic E-state index is 2.92. The molecular formula is C37H46Ti. The Bertz CT molecular complexity index is 1220. The Labute approximate surface area is 235 Å². The molecule has 0 nitrogen and oxygen atoms in total. The fraction of sp³-hybridized carbons (Fsp3) is 0.405. The van der Waals surface area contributed by atoms with E-state index >= 15 is 0 Å². The summed E-state index contributed by atoms with van der Waals surface area (Å²) in [5.41, 5.74) is 11.4. The molecule has 2 aliphatic carbocycles. The summed E-state index contributed by atoms with van der Waals surface area (Å²) in [6, 6.07) is 34.4. The summed E-state index contributed by atoms with van der Waals surface area (Å²) in [5.74, 6) is 2.65. The van der Waals surface area contributed by atoms with Gasteiger partial charge in [-0.2, -0.15) is 0 Å². The Morgan fingerprint density at radius 2 is 0.947 bits per heavy atom. The van der Waals surface area contributed by atoms with Gasteiger partial charge in [-0.3, -0.25) is 0 Å².